The van der Waals surface area contributed by atoms with Crippen LogP contribution >= 0.6 is 23.2 Å². The van der Waals surface area contributed by atoms with Gasteiger partial charge < -0.3 is 28.2 Å². The van der Waals surface area contributed by atoms with Crippen LogP contribution in [0.4, 0.5) is 0 Å². The summed E-state index contributed by atoms with van der Waals surface area (Å²) in [6.07, 6.45) is 10.5. The van der Waals surface area contributed by atoms with E-state index in [2.05, 4.69) is 144 Å². The fourth-order valence-electron chi connectivity index (χ4n) is 13.0. The number of para-hydroxylation sites is 3. The highest BCUT2D eigenvalue weighted by Gasteiger charge is 2.36. The Bertz CT molecular complexity index is 4290. The molecule has 0 N–H and O–H groups in total. The van der Waals surface area contributed by atoms with Crippen LogP contribution < -0.4 is 4.74 Å². The number of likely N-dealkylation sites (tertiary alicyclic amines) is 2. The van der Waals surface area contributed by atoms with Gasteiger partial charge in [0.15, 0.2) is 0 Å². The third-order valence-electron chi connectivity index (χ3n) is 17.4. The minimum Gasteiger partial charge on any atom is -0.497 e. The minimum absolute atomic E-state index is 0.0297. The molecule has 12 nitrogen and oxygen atoms in total. The van der Waals surface area contributed by atoms with Crippen molar-refractivity contribution in [1.82, 2.24) is 27.8 Å². The molecule has 7 aromatic carbocycles. The topological polar surface area (TPSA) is 126 Å². The molecular weight excluding hydrogens is 1160 g/mol. The average molecular weight is 1230 g/mol. The van der Waals surface area contributed by atoms with Crippen molar-refractivity contribution in [2.45, 2.75) is 88.6 Å². The van der Waals surface area contributed by atoms with E-state index in [-0.39, 0.29) is 28.0 Å². The lowest BCUT2D eigenvalue weighted by molar-refractivity contribution is -0.132. The third-order valence-corrected chi connectivity index (χ3v) is 19.8. The molecule has 452 valence electrons. The molecule has 88 heavy (non-hydrogen) atoms. The van der Waals surface area contributed by atoms with Crippen LogP contribution in [-0.4, -0.2) is 94.4 Å². The number of rotatable bonds is 13. The average Bonchev–Trinajstić information content (AvgIpc) is 2.44. The number of nitrogens with zero attached hydrogens (tertiary/aromatic N) is 7. The Labute approximate surface area is 527 Å². The first-order valence-corrected chi connectivity index (χ1v) is 32.5. The highest BCUT2D eigenvalue weighted by Crippen LogP contribution is 2.39. The van der Waals surface area contributed by atoms with Crippen molar-refractivity contribution in [3.63, 3.8) is 0 Å². The summed E-state index contributed by atoms with van der Waals surface area (Å²) in [5, 5.41) is 14.2. The number of fused-ring (bicyclic) bond motifs is 3. The van der Waals surface area contributed by atoms with Gasteiger partial charge in [0, 0.05) is 145 Å². The standard InChI is InChI=1S/C26H22ClN3O2S.C26H32N2O2.C21H21ClN2O/c27-22-8-10-23(11-9-22)33(31,32)30-13-12-21(17-30)25-18-29(26-7-2-1-6-24(25)26)16-20-5-3-4-19(14-20)15-28;1-26(2,3)15-25(29)27-13-12-20(17-27)23-18-28(24-11-6-5-10-22(23)24)16-19-8-7-9-21(14-19)30-4;1-23-14-19(18-4-2-3-5-20(18)23)16-10-11-24(13-16)21(25)12-15-6-8-17(22)9-7-15/h1-11,14,18,21H,12-13,16-17H2;5-11,14,18,20H,12-13,15-17H2,1-4H3;2-9,14,16H,10-13H2,1H3. The van der Waals surface area contributed by atoms with Gasteiger partial charge in [0.05, 0.1) is 30.1 Å². The monoisotopic (exact) mass is 1230 g/mol. The van der Waals surface area contributed by atoms with Crippen LogP contribution in [0, 0.1) is 16.7 Å². The van der Waals surface area contributed by atoms with E-state index in [9.17, 15) is 23.3 Å². The number of benzene rings is 7. The molecule has 2 amide bonds. The van der Waals surface area contributed by atoms with Crippen LogP contribution in [0.5, 0.6) is 5.75 Å². The van der Waals surface area contributed by atoms with Crippen LogP contribution in [0.25, 0.3) is 32.7 Å². The van der Waals surface area contributed by atoms with E-state index in [1.807, 2.05) is 71.6 Å². The zero-order chi connectivity index (χ0) is 61.7. The highest BCUT2D eigenvalue weighted by molar-refractivity contribution is 7.89. The zero-order valence-corrected chi connectivity index (χ0v) is 53.0. The molecule has 13 rings (SSSR count). The minimum atomic E-state index is -3.56. The maximum absolute atomic E-state index is 13.1. The van der Waals surface area contributed by atoms with E-state index in [4.69, 9.17) is 27.9 Å². The van der Waals surface area contributed by atoms with Crippen LogP contribution in [0.2, 0.25) is 10.0 Å². The summed E-state index contributed by atoms with van der Waals surface area (Å²) in [7, 11) is 0.229. The Balaban J connectivity index is 0.000000138. The number of ether oxygens (including phenoxy) is 1. The van der Waals surface area contributed by atoms with Crippen molar-refractivity contribution >= 4 is 77.7 Å². The van der Waals surface area contributed by atoms with Gasteiger partial charge in [0.1, 0.15) is 5.75 Å². The van der Waals surface area contributed by atoms with Gasteiger partial charge in [-0.1, -0.05) is 135 Å². The summed E-state index contributed by atoms with van der Waals surface area (Å²) < 4.78 is 40.0. The molecule has 15 heteroatoms. The lowest BCUT2D eigenvalue weighted by Crippen LogP contribution is -2.31. The summed E-state index contributed by atoms with van der Waals surface area (Å²) in [4.78, 5) is 29.7. The molecular formula is C73H75Cl2N7O5S. The summed E-state index contributed by atoms with van der Waals surface area (Å²) >= 11 is 11.8. The van der Waals surface area contributed by atoms with Crippen molar-refractivity contribution in [2.75, 3.05) is 46.4 Å². The fraction of sp³-hybridized carbons (Fsp3) is 0.301. The van der Waals surface area contributed by atoms with Crippen molar-refractivity contribution in [3.8, 4) is 11.8 Å². The second-order valence-corrected chi connectivity index (χ2v) is 27.6. The number of halogens is 2. The van der Waals surface area contributed by atoms with E-state index in [1.54, 1.807) is 41.7 Å². The SMILES string of the molecule is COc1cccc(Cn2cc(C3CCN(C(=O)CC(C)(C)C)C3)c3ccccc32)c1.Cn1cc(C2CCN(C(=O)Cc3ccc(Cl)cc3)C2)c2ccccc21.N#Cc1cccc(Cn2cc(C3CCN(S(=O)(=O)c4ccc(Cl)cc4)C3)c3ccccc32)c1. The van der Waals surface area contributed by atoms with Crippen LogP contribution in [0.3, 0.4) is 0 Å². The maximum Gasteiger partial charge on any atom is 0.243 e. The summed E-state index contributed by atoms with van der Waals surface area (Å²) in [6.45, 7) is 12.1. The molecule has 3 aromatic heterocycles. The fourth-order valence-corrected chi connectivity index (χ4v) is 14.7. The van der Waals surface area contributed by atoms with Gasteiger partial charge in [-0.25, -0.2) is 8.42 Å². The van der Waals surface area contributed by atoms with Gasteiger partial charge in [-0.2, -0.15) is 9.57 Å². The molecule has 0 saturated carbocycles. The molecule has 3 saturated heterocycles. The molecule has 3 atom stereocenters. The molecule has 0 radical (unpaired) electrons. The quantitative estimate of drug-likeness (QED) is 0.113. The van der Waals surface area contributed by atoms with E-state index in [0.29, 0.717) is 59.9 Å². The Kier molecular flexibility index (Phi) is 18.7. The van der Waals surface area contributed by atoms with Gasteiger partial charge in [-0.05, 0) is 137 Å². The number of sulfonamides is 1. The molecule has 0 bridgehead atoms. The number of aromatic nitrogens is 3. The number of aryl methyl sites for hydroxylation is 1. The summed E-state index contributed by atoms with van der Waals surface area (Å²) in [5.41, 5.74) is 11.4. The lowest BCUT2D eigenvalue weighted by Gasteiger charge is -2.23. The number of nitriles is 1. The first kappa shape index (κ1) is 61.5. The van der Waals surface area contributed by atoms with E-state index in [0.717, 1.165) is 85.3 Å². The molecule has 3 unspecified atom stereocenters. The number of carbonyl (C=O) groups is 2. The molecule has 0 aliphatic carbocycles. The first-order chi connectivity index (χ1) is 42.4. The maximum atomic E-state index is 13.1. The van der Waals surface area contributed by atoms with E-state index in [1.165, 1.54) is 38.5 Å². The van der Waals surface area contributed by atoms with Gasteiger partial charge in [0.25, 0.3) is 0 Å². The first-order valence-electron chi connectivity index (χ1n) is 30.3. The number of carbonyl (C=O) groups excluding carboxylic acids is 2. The smallest absolute Gasteiger partial charge is 0.243 e. The summed E-state index contributed by atoms with van der Waals surface area (Å²) in [5.74, 6) is 2.29. The molecule has 3 aliphatic rings. The Morgan fingerprint density at radius 2 is 1.06 bits per heavy atom. The van der Waals surface area contributed by atoms with Crippen LogP contribution in [0.15, 0.2) is 193 Å². The number of amides is 2. The summed E-state index contributed by atoms with van der Waals surface area (Å²) in [6, 6.07) is 57.3. The molecule has 6 heterocycles. The molecule has 3 aliphatic heterocycles. The normalized spacial score (nSPS) is 17.0. The van der Waals surface area contributed by atoms with Gasteiger partial charge in [-0.3, -0.25) is 9.59 Å². The lowest BCUT2D eigenvalue weighted by atomic mass is 9.91. The number of hydrogen-bond donors (Lipinski definition) is 0. The molecule has 3 fully saturated rings. The highest BCUT2D eigenvalue weighted by atomic mass is 35.5. The number of hydrogen-bond acceptors (Lipinski definition) is 6. The third kappa shape index (κ3) is 14.1. The predicted molar refractivity (Wildman–Crippen MR) is 354 cm³/mol. The van der Waals surface area contributed by atoms with Crippen molar-refractivity contribution in [3.05, 3.63) is 237 Å². The van der Waals surface area contributed by atoms with Crippen molar-refractivity contribution in [1.29, 1.82) is 5.26 Å². The molecule has 10 aromatic rings. The Hall–Kier alpha value is -8.12. The Morgan fingerprint density at radius 1 is 0.568 bits per heavy atom. The van der Waals surface area contributed by atoms with Gasteiger partial charge in [0.2, 0.25) is 21.8 Å². The zero-order valence-electron chi connectivity index (χ0n) is 50.7. The Morgan fingerprint density at radius 3 is 1.62 bits per heavy atom. The van der Waals surface area contributed by atoms with E-state index >= 15 is 0 Å². The number of methoxy groups -OCH3 is 1. The van der Waals surface area contributed by atoms with Gasteiger partial charge >= 0.3 is 0 Å². The second kappa shape index (κ2) is 26.7. The molecule has 0 spiro atoms. The van der Waals surface area contributed by atoms with Crippen molar-refractivity contribution < 1.29 is 22.7 Å². The second-order valence-electron chi connectivity index (χ2n) is 24.8. The largest absolute Gasteiger partial charge is 0.497 e. The van der Waals surface area contributed by atoms with Crippen molar-refractivity contribution in [2.24, 2.45) is 12.5 Å². The van der Waals surface area contributed by atoms with Gasteiger partial charge in [-0.15, -0.1) is 0 Å². The van der Waals surface area contributed by atoms with Crippen LogP contribution in [0.1, 0.15) is 103 Å². The van der Waals surface area contributed by atoms with E-state index < -0.39 is 10.0 Å². The van der Waals surface area contributed by atoms with Crippen LogP contribution in [-0.2, 0) is 46.2 Å². The predicted octanol–water partition coefficient (Wildman–Crippen LogP) is 15.2.